The fourth-order valence-corrected chi connectivity index (χ4v) is 4.22. The molecular formula is C32H47NO4. The first-order chi connectivity index (χ1) is 18.2. The van der Waals surface area contributed by atoms with Gasteiger partial charge in [-0.05, 0) is 48.4 Å². The van der Waals surface area contributed by atoms with E-state index in [2.05, 4.69) is 13.0 Å². The van der Waals surface area contributed by atoms with Crippen molar-refractivity contribution in [3.8, 4) is 17.6 Å². The molecule has 0 aromatic heterocycles. The van der Waals surface area contributed by atoms with Crippen molar-refractivity contribution in [1.29, 1.82) is 5.26 Å². The molecule has 0 amide bonds. The van der Waals surface area contributed by atoms with Gasteiger partial charge in [-0.2, -0.15) is 5.26 Å². The van der Waals surface area contributed by atoms with Crippen molar-refractivity contribution in [2.75, 3.05) is 26.9 Å². The molecule has 204 valence electrons. The lowest BCUT2D eigenvalue weighted by Crippen LogP contribution is -2.27. The van der Waals surface area contributed by atoms with E-state index < -0.39 is 0 Å². The molecule has 0 aliphatic heterocycles. The summed E-state index contributed by atoms with van der Waals surface area (Å²) in [6.07, 6.45) is 15.7. The van der Waals surface area contributed by atoms with E-state index in [1.54, 1.807) is 19.2 Å². The van der Waals surface area contributed by atoms with Gasteiger partial charge in [0.25, 0.3) is 0 Å². The summed E-state index contributed by atoms with van der Waals surface area (Å²) in [5.41, 5.74) is 1.68. The average Bonchev–Trinajstić information content (AvgIpc) is 2.94. The Balaban J connectivity index is 1.65. The lowest BCUT2D eigenvalue weighted by molar-refractivity contribution is -0.0425. The molecule has 0 bridgehead atoms. The van der Waals surface area contributed by atoms with Crippen molar-refractivity contribution in [3.63, 3.8) is 0 Å². The van der Waals surface area contributed by atoms with Crippen LogP contribution in [0.25, 0.3) is 0 Å². The van der Waals surface area contributed by atoms with Crippen molar-refractivity contribution < 1.29 is 18.9 Å². The number of hydrogen-bond donors (Lipinski definition) is 0. The van der Waals surface area contributed by atoms with Gasteiger partial charge in [0.1, 0.15) is 24.2 Å². The third-order valence-corrected chi connectivity index (χ3v) is 6.48. The van der Waals surface area contributed by atoms with Gasteiger partial charge in [-0.15, -0.1) is 0 Å². The molecule has 2 aromatic carbocycles. The maximum Gasteiger partial charge on any atom is 0.119 e. The SMILES string of the molecule is CCCCCCCCCCCCCCOC(COCc1cccc(OC)c1)COc1ccc(C#N)cc1. The van der Waals surface area contributed by atoms with Gasteiger partial charge in [0.05, 0.1) is 32.0 Å². The minimum Gasteiger partial charge on any atom is -0.497 e. The molecule has 1 unspecified atom stereocenters. The van der Waals surface area contributed by atoms with Gasteiger partial charge >= 0.3 is 0 Å². The molecule has 0 spiro atoms. The largest absolute Gasteiger partial charge is 0.497 e. The molecule has 5 nitrogen and oxygen atoms in total. The number of ether oxygens (including phenoxy) is 4. The first kappa shape index (κ1) is 30.7. The second-order valence-electron chi connectivity index (χ2n) is 9.70. The fourth-order valence-electron chi connectivity index (χ4n) is 4.22. The summed E-state index contributed by atoms with van der Waals surface area (Å²) >= 11 is 0. The first-order valence-corrected chi connectivity index (χ1v) is 14.2. The minimum absolute atomic E-state index is 0.158. The minimum atomic E-state index is -0.158. The summed E-state index contributed by atoms with van der Waals surface area (Å²) in [5.74, 6) is 1.55. The Morgan fingerprint density at radius 3 is 2.03 bits per heavy atom. The van der Waals surface area contributed by atoms with Gasteiger partial charge in [-0.3, -0.25) is 0 Å². The molecule has 0 fully saturated rings. The molecular weight excluding hydrogens is 462 g/mol. The smallest absolute Gasteiger partial charge is 0.119 e. The van der Waals surface area contributed by atoms with Crippen molar-refractivity contribution >= 4 is 0 Å². The van der Waals surface area contributed by atoms with E-state index in [-0.39, 0.29) is 6.10 Å². The third kappa shape index (κ3) is 14.7. The summed E-state index contributed by atoms with van der Waals surface area (Å²) < 4.78 is 23.4. The van der Waals surface area contributed by atoms with E-state index in [9.17, 15) is 0 Å². The molecule has 0 saturated heterocycles. The highest BCUT2D eigenvalue weighted by molar-refractivity contribution is 5.34. The Morgan fingerprint density at radius 2 is 1.41 bits per heavy atom. The molecule has 0 radical (unpaired) electrons. The highest BCUT2D eigenvalue weighted by Gasteiger charge is 2.12. The van der Waals surface area contributed by atoms with E-state index in [0.717, 1.165) is 23.5 Å². The quantitative estimate of drug-likeness (QED) is 0.150. The Hall–Kier alpha value is -2.55. The number of unbranched alkanes of at least 4 members (excludes halogenated alkanes) is 11. The van der Waals surface area contributed by atoms with Crippen LogP contribution in [-0.4, -0.2) is 33.0 Å². The Morgan fingerprint density at radius 1 is 0.757 bits per heavy atom. The van der Waals surface area contributed by atoms with E-state index in [0.29, 0.717) is 32.0 Å². The zero-order valence-corrected chi connectivity index (χ0v) is 23.1. The second-order valence-corrected chi connectivity index (χ2v) is 9.70. The summed E-state index contributed by atoms with van der Waals surface area (Å²) in [6.45, 7) is 4.33. The number of benzene rings is 2. The van der Waals surface area contributed by atoms with E-state index >= 15 is 0 Å². The molecule has 0 aliphatic carbocycles. The van der Waals surface area contributed by atoms with Crippen LogP contribution in [0, 0.1) is 11.3 Å². The van der Waals surface area contributed by atoms with Crippen LogP contribution in [0.15, 0.2) is 48.5 Å². The third-order valence-electron chi connectivity index (χ3n) is 6.48. The molecule has 5 heteroatoms. The van der Waals surface area contributed by atoms with Crippen LogP contribution >= 0.6 is 0 Å². The molecule has 0 aliphatic rings. The molecule has 0 N–H and O–H groups in total. The molecule has 1 atom stereocenters. The molecule has 2 aromatic rings. The Labute approximate surface area is 225 Å². The molecule has 37 heavy (non-hydrogen) atoms. The molecule has 2 rings (SSSR count). The lowest BCUT2D eigenvalue weighted by Gasteiger charge is -2.19. The van der Waals surface area contributed by atoms with Crippen molar-refractivity contribution in [2.24, 2.45) is 0 Å². The van der Waals surface area contributed by atoms with Gasteiger partial charge in [0.2, 0.25) is 0 Å². The van der Waals surface area contributed by atoms with E-state index in [1.807, 2.05) is 36.4 Å². The average molecular weight is 510 g/mol. The first-order valence-electron chi connectivity index (χ1n) is 14.2. The number of nitrogens with zero attached hydrogens (tertiary/aromatic N) is 1. The predicted octanol–water partition coefficient (Wildman–Crippen LogP) is 8.25. The van der Waals surface area contributed by atoms with Crippen molar-refractivity contribution in [3.05, 3.63) is 59.7 Å². The van der Waals surface area contributed by atoms with Gasteiger partial charge in [0.15, 0.2) is 0 Å². The van der Waals surface area contributed by atoms with Crippen molar-refractivity contribution in [2.45, 2.75) is 96.7 Å². The number of methoxy groups -OCH3 is 1. The molecule has 0 saturated carbocycles. The highest BCUT2D eigenvalue weighted by atomic mass is 16.6. The van der Waals surface area contributed by atoms with Crippen LogP contribution in [-0.2, 0) is 16.1 Å². The van der Waals surface area contributed by atoms with Crippen LogP contribution in [0.1, 0.15) is 95.1 Å². The van der Waals surface area contributed by atoms with E-state index in [4.69, 9.17) is 24.2 Å². The lowest BCUT2D eigenvalue weighted by atomic mass is 10.1. The number of rotatable bonds is 22. The normalized spacial score (nSPS) is 11.7. The van der Waals surface area contributed by atoms with Crippen LogP contribution < -0.4 is 9.47 Å². The van der Waals surface area contributed by atoms with Gasteiger partial charge in [-0.25, -0.2) is 0 Å². The Kier molecular flexibility index (Phi) is 17.0. The number of hydrogen-bond acceptors (Lipinski definition) is 5. The summed E-state index contributed by atoms with van der Waals surface area (Å²) in [5, 5.41) is 8.98. The Bertz CT molecular complexity index is 862. The van der Waals surface area contributed by atoms with Crippen LogP contribution in [0.5, 0.6) is 11.5 Å². The van der Waals surface area contributed by atoms with Crippen molar-refractivity contribution in [1.82, 2.24) is 0 Å². The van der Waals surface area contributed by atoms with Crippen LogP contribution in [0.4, 0.5) is 0 Å². The van der Waals surface area contributed by atoms with Crippen LogP contribution in [0.3, 0.4) is 0 Å². The van der Waals surface area contributed by atoms with Crippen LogP contribution in [0.2, 0.25) is 0 Å². The fraction of sp³-hybridized carbons (Fsp3) is 0.594. The zero-order chi connectivity index (χ0) is 26.4. The van der Waals surface area contributed by atoms with Gasteiger partial charge < -0.3 is 18.9 Å². The maximum atomic E-state index is 8.98. The number of nitriles is 1. The predicted molar refractivity (Wildman–Crippen MR) is 150 cm³/mol. The summed E-state index contributed by atoms with van der Waals surface area (Å²) in [7, 11) is 1.67. The van der Waals surface area contributed by atoms with Gasteiger partial charge in [0, 0.05) is 6.61 Å². The zero-order valence-electron chi connectivity index (χ0n) is 23.1. The second kappa shape index (κ2) is 20.5. The van der Waals surface area contributed by atoms with E-state index in [1.165, 1.54) is 70.6 Å². The summed E-state index contributed by atoms with van der Waals surface area (Å²) in [6, 6.07) is 17.2. The standard InChI is InChI=1S/C32H47NO4/c1-3-4-5-6-7-8-9-10-11-12-13-14-22-36-32(27-37-30-20-18-28(24-33)19-21-30)26-35-25-29-16-15-17-31(23-29)34-2/h15-21,23,32H,3-14,22,25-27H2,1-2H3. The highest BCUT2D eigenvalue weighted by Crippen LogP contribution is 2.16. The van der Waals surface area contributed by atoms with Gasteiger partial charge in [-0.1, -0.05) is 89.7 Å². The monoisotopic (exact) mass is 509 g/mol. The topological polar surface area (TPSA) is 60.7 Å². The molecule has 0 heterocycles. The maximum absolute atomic E-state index is 8.98. The summed E-state index contributed by atoms with van der Waals surface area (Å²) in [4.78, 5) is 0.